The van der Waals surface area contributed by atoms with Crippen molar-refractivity contribution in [3.05, 3.63) is 65.7 Å². The van der Waals surface area contributed by atoms with Gasteiger partial charge in [0.05, 0.1) is 24.8 Å². The van der Waals surface area contributed by atoms with Gasteiger partial charge < -0.3 is 15.0 Å². The second-order valence-corrected chi connectivity index (χ2v) is 9.46. The molecule has 4 amide bonds. The molecule has 3 aliphatic heterocycles. The van der Waals surface area contributed by atoms with Gasteiger partial charge in [0.25, 0.3) is 5.91 Å². The number of piperidine rings is 1. The second-order valence-electron chi connectivity index (χ2n) is 9.46. The number of imide groups is 1. The minimum atomic E-state index is -1.26. The summed E-state index contributed by atoms with van der Waals surface area (Å²) in [4.78, 5) is 47.2. The molecule has 0 saturated carbocycles. The number of halogens is 1. The van der Waals surface area contributed by atoms with Crippen molar-refractivity contribution in [3.8, 4) is 0 Å². The van der Waals surface area contributed by atoms with Crippen LogP contribution in [-0.4, -0.2) is 65.0 Å². The molecule has 8 nitrogen and oxygen atoms in total. The Morgan fingerprint density at radius 3 is 2.54 bits per heavy atom. The number of carbonyl (C=O) groups is 3. The van der Waals surface area contributed by atoms with Gasteiger partial charge in [0.2, 0.25) is 5.91 Å². The van der Waals surface area contributed by atoms with E-state index in [0.717, 1.165) is 18.4 Å². The minimum Gasteiger partial charge on any atom is -0.376 e. The van der Waals surface area contributed by atoms with E-state index >= 15 is 0 Å². The first kappa shape index (κ1) is 23.4. The third-order valence-corrected chi connectivity index (χ3v) is 7.34. The van der Waals surface area contributed by atoms with Crippen LogP contribution in [0.25, 0.3) is 0 Å². The molecule has 5 rings (SSSR count). The fraction of sp³-hybridized carbons (Fsp3) is 0.462. The molecule has 1 aromatic heterocycles. The molecule has 3 fully saturated rings. The van der Waals surface area contributed by atoms with Crippen molar-refractivity contribution in [1.29, 1.82) is 0 Å². The molecule has 0 spiro atoms. The summed E-state index contributed by atoms with van der Waals surface area (Å²) in [7, 11) is 0. The van der Waals surface area contributed by atoms with Crippen LogP contribution in [0.5, 0.6) is 0 Å². The van der Waals surface area contributed by atoms with Gasteiger partial charge in [-0.05, 0) is 55.5 Å². The molecule has 0 unspecified atom stereocenters. The van der Waals surface area contributed by atoms with Gasteiger partial charge in [-0.3, -0.25) is 19.5 Å². The smallest absolute Gasteiger partial charge is 0.325 e. The van der Waals surface area contributed by atoms with E-state index in [9.17, 15) is 18.8 Å². The quantitative estimate of drug-likeness (QED) is 0.642. The molecular formula is C26H29FN4O4. The van der Waals surface area contributed by atoms with E-state index < -0.39 is 11.6 Å². The van der Waals surface area contributed by atoms with Crippen LogP contribution in [0, 0.1) is 11.7 Å². The number of amides is 4. The van der Waals surface area contributed by atoms with Crippen molar-refractivity contribution >= 4 is 17.8 Å². The van der Waals surface area contributed by atoms with Gasteiger partial charge in [-0.2, -0.15) is 0 Å². The zero-order valence-electron chi connectivity index (χ0n) is 19.5. The summed E-state index contributed by atoms with van der Waals surface area (Å²) in [5.41, 5.74) is 0.0130. The fourth-order valence-electron chi connectivity index (χ4n) is 5.46. The molecule has 3 aliphatic rings. The fourth-order valence-corrected chi connectivity index (χ4v) is 5.46. The van der Waals surface area contributed by atoms with Crippen molar-refractivity contribution < 1.29 is 23.5 Å². The number of benzene rings is 1. The third kappa shape index (κ3) is 4.52. The van der Waals surface area contributed by atoms with Crippen molar-refractivity contribution in [2.45, 2.75) is 43.7 Å². The van der Waals surface area contributed by atoms with Crippen LogP contribution in [0.15, 0.2) is 48.7 Å². The van der Waals surface area contributed by atoms with E-state index in [2.05, 4.69) is 10.3 Å². The lowest BCUT2D eigenvalue weighted by Crippen LogP contribution is -2.55. The summed E-state index contributed by atoms with van der Waals surface area (Å²) in [6.07, 6.45) is 4.51. The van der Waals surface area contributed by atoms with Crippen LogP contribution < -0.4 is 5.32 Å². The van der Waals surface area contributed by atoms with Gasteiger partial charge in [0.15, 0.2) is 5.54 Å². The summed E-state index contributed by atoms with van der Waals surface area (Å²) in [6, 6.07) is 10.9. The highest BCUT2D eigenvalue weighted by molar-refractivity contribution is 6.07. The maximum absolute atomic E-state index is 13.8. The molecule has 0 bridgehead atoms. The Hall–Kier alpha value is -3.33. The number of aromatic nitrogens is 1. The molecule has 184 valence electrons. The van der Waals surface area contributed by atoms with Crippen molar-refractivity contribution in [2.24, 2.45) is 5.92 Å². The number of hydrogen-bond donors (Lipinski definition) is 1. The van der Waals surface area contributed by atoms with Gasteiger partial charge in [-0.1, -0.05) is 18.2 Å². The van der Waals surface area contributed by atoms with E-state index in [1.165, 1.54) is 17.0 Å². The van der Waals surface area contributed by atoms with E-state index in [1.54, 1.807) is 35.4 Å². The number of hydrogen-bond acceptors (Lipinski definition) is 5. The number of carbonyl (C=O) groups excluding carboxylic acids is 3. The van der Waals surface area contributed by atoms with Gasteiger partial charge in [0.1, 0.15) is 5.82 Å². The number of nitrogens with one attached hydrogen (secondary N) is 1. The highest BCUT2D eigenvalue weighted by atomic mass is 19.1. The lowest BCUT2D eigenvalue weighted by Gasteiger charge is -2.40. The number of pyridine rings is 1. The molecule has 4 heterocycles. The minimum absolute atomic E-state index is 0.0382. The van der Waals surface area contributed by atoms with E-state index in [1.807, 2.05) is 6.07 Å². The summed E-state index contributed by atoms with van der Waals surface area (Å²) in [6.45, 7) is 1.81. The second kappa shape index (κ2) is 9.73. The Morgan fingerprint density at radius 1 is 1.11 bits per heavy atom. The van der Waals surface area contributed by atoms with Crippen molar-refractivity contribution in [3.63, 3.8) is 0 Å². The zero-order chi connectivity index (χ0) is 24.4. The SMILES string of the molecule is O=C(Cc1ccc(F)cc1)N1CCC([C@@]2(c3ccccn3)NC(=O)N(C[C@@H]3CCCO3)C2=O)CC1. The number of urea groups is 1. The molecule has 3 saturated heterocycles. The highest BCUT2D eigenvalue weighted by Crippen LogP contribution is 2.41. The first-order chi connectivity index (χ1) is 17.0. The normalized spacial score (nSPS) is 25.2. The lowest BCUT2D eigenvalue weighted by molar-refractivity contribution is -0.137. The zero-order valence-corrected chi connectivity index (χ0v) is 19.5. The predicted molar refractivity (Wildman–Crippen MR) is 125 cm³/mol. The summed E-state index contributed by atoms with van der Waals surface area (Å²) in [5, 5.41) is 3.00. The average Bonchev–Trinajstić information content (AvgIpc) is 3.49. The van der Waals surface area contributed by atoms with Crippen LogP contribution in [0.2, 0.25) is 0 Å². The Morgan fingerprint density at radius 2 is 1.89 bits per heavy atom. The number of nitrogens with zero attached hydrogens (tertiary/aromatic N) is 3. The van der Waals surface area contributed by atoms with Gasteiger partial charge in [-0.15, -0.1) is 0 Å². The van der Waals surface area contributed by atoms with Crippen LogP contribution in [0.3, 0.4) is 0 Å². The molecular weight excluding hydrogens is 451 g/mol. The van der Waals surface area contributed by atoms with Gasteiger partial charge in [0, 0.05) is 31.8 Å². The van der Waals surface area contributed by atoms with E-state index in [4.69, 9.17) is 4.74 Å². The van der Waals surface area contributed by atoms with Crippen molar-refractivity contribution in [2.75, 3.05) is 26.2 Å². The Bertz CT molecular complexity index is 1080. The monoisotopic (exact) mass is 480 g/mol. The largest absolute Gasteiger partial charge is 0.376 e. The highest BCUT2D eigenvalue weighted by Gasteiger charge is 2.58. The molecule has 9 heteroatoms. The van der Waals surface area contributed by atoms with E-state index in [0.29, 0.717) is 38.2 Å². The first-order valence-electron chi connectivity index (χ1n) is 12.2. The number of ether oxygens (including phenoxy) is 1. The molecule has 0 radical (unpaired) electrons. The molecule has 35 heavy (non-hydrogen) atoms. The summed E-state index contributed by atoms with van der Waals surface area (Å²) < 4.78 is 18.8. The Labute approximate surface area is 203 Å². The van der Waals surface area contributed by atoms with E-state index in [-0.39, 0.29) is 42.6 Å². The summed E-state index contributed by atoms with van der Waals surface area (Å²) in [5.74, 6) is -0.881. The predicted octanol–water partition coefficient (Wildman–Crippen LogP) is 2.63. The van der Waals surface area contributed by atoms with Gasteiger partial charge in [-0.25, -0.2) is 9.18 Å². The number of rotatable bonds is 6. The Kier molecular flexibility index (Phi) is 6.51. The standard InChI is InChI=1S/C26H29FN4O4/c27-20-8-6-18(7-9-20)16-23(32)30-13-10-19(11-14-30)26(22-5-1-2-12-28-22)24(33)31(25(34)29-26)17-21-4-3-15-35-21/h1-2,5-9,12,19,21H,3-4,10-11,13-17H2,(H,29,34)/t21-,26-/m0/s1. The Balaban J connectivity index is 1.32. The van der Waals surface area contributed by atoms with Gasteiger partial charge >= 0.3 is 6.03 Å². The van der Waals surface area contributed by atoms with Crippen LogP contribution >= 0.6 is 0 Å². The van der Waals surface area contributed by atoms with Crippen molar-refractivity contribution in [1.82, 2.24) is 20.1 Å². The van der Waals surface area contributed by atoms with Crippen LogP contribution in [0.1, 0.15) is 36.9 Å². The molecule has 0 aliphatic carbocycles. The maximum atomic E-state index is 13.8. The first-order valence-corrected chi connectivity index (χ1v) is 12.2. The lowest BCUT2D eigenvalue weighted by atomic mass is 9.75. The average molecular weight is 481 g/mol. The maximum Gasteiger partial charge on any atom is 0.325 e. The van der Waals surface area contributed by atoms with Crippen LogP contribution in [-0.2, 0) is 26.3 Å². The molecule has 2 atom stereocenters. The molecule has 1 aromatic carbocycles. The third-order valence-electron chi connectivity index (χ3n) is 7.34. The molecule has 2 aromatic rings. The summed E-state index contributed by atoms with van der Waals surface area (Å²) >= 11 is 0. The van der Waals surface area contributed by atoms with Crippen LogP contribution in [0.4, 0.5) is 9.18 Å². The number of likely N-dealkylation sites (tertiary alicyclic amines) is 1. The molecule has 1 N–H and O–H groups in total. The topological polar surface area (TPSA) is 91.8 Å².